The van der Waals surface area contributed by atoms with E-state index < -0.39 is 29.9 Å². The number of anilines is 1. The Bertz CT molecular complexity index is 1300. The van der Waals surface area contributed by atoms with Crippen molar-refractivity contribution in [1.29, 1.82) is 0 Å². The number of nitrogens with one attached hydrogen (secondary N) is 2. The zero-order chi connectivity index (χ0) is 24.5. The van der Waals surface area contributed by atoms with Crippen molar-refractivity contribution in [2.75, 3.05) is 11.9 Å². The fourth-order valence-electron chi connectivity index (χ4n) is 3.71. The molecule has 0 saturated carbocycles. The normalized spacial score (nSPS) is 17.4. The summed E-state index contributed by atoms with van der Waals surface area (Å²) in [4.78, 5) is 52.2. The number of urea groups is 1. The summed E-state index contributed by atoms with van der Waals surface area (Å²) in [6, 6.07) is 18.8. The molecule has 1 atom stereocenters. The molecule has 172 valence electrons. The van der Waals surface area contributed by atoms with Crippen LogP contribution in [0.15, 0.2) is 72.8 Å². The summed E-state index contributed by atoms with van der Waals surface area (Å²) in [6.45, 7) is 1.03. The van der Waals surface area contributed by atoms with Crippen molar-refractivity contribution in [2.24, 2.45) is 0 Å². The summed E-state index contributed by atoms with van der Waals surface area (Å²) in [5.74, 6) is -1.55. The number of amides is 4. The molecule has 4 amide bonds. The summed E-state index contributed by atoms with van der Waals surface area (Å²) >= 11 is 12.0. The van der Waals surface area contributed by atoms with E-state index in [-0.39, 0.29) is 17.0 Å². The first kappa shape index (κ1) is 23.5. The van der Waals surface area contributed by atoms with Gasteiger partial charge in [0.15, 0.2) is 5.78 Å². The van der Waals surface area contributed by atoms with E-state index in [2.05, 4.69) is 10.6 Å². The number of rotatable bonds is 6. The van der Waals surface area contributed by atoms with Gasteiger partial charge in [0.1, 0.15) is 12.1 Å². The van der Waals surface area contributed by atoms with Gasteiger partial charge in [-0.15, -0.1) is 0 Å². The van der Waals surface area contributed by atoms with Gasteiger partial charge in [0, 0.05) is 21.2 Å². The van der Waals surface area contributed by atoms with Gasteiger partial charge < -0.3 is 10.6 Å². The number of hydrogen-bond donors (Lipinski definition) is 2. The zero-order valence-corrected chi connectivity index (χ0v) is 19.5. The third-order valence-electron chi connectivity index (χ3n) is 5.53. The minimum absolute atomic E-state index is 0.190. The fourth-order valence-corrected chi connectivity index (χ4v) is 4.01. The molecule has 9 heteroatoms. The Labute approximate surface area is 205 Å². The molecular formula is C25H19Cl2N3O4. The van der Waals surface area contributed by atoms with Crippen molar-refractivity contribution >= 4 is 52.5 Å². The molecule has 0 radical (unpaired) electrons. The van der Waals surface area contributed by atoms with Gasteiger partial charge in [0.2, 0.25) is 5.91 Å². The molecule has 4 rings (SSSR count). The number of hydrogen-bond acceptors (Lipinski definition) is 4. The van der Waals surface area contributed by atoms with Crippen LogP contribution in [0.1, 0.15) is 28.4 Å². The number of benzene rings is 3. The maximum absolute atomic E-state index is 13.1. The van der Waals surface area contributed by atoms with Gasteiger partial charge in [-0.05, 0) is 42.8 Å². The first-order valence-corrected chi connectivity index (χ1v) is 11.0. The lowest BCUT2D eigenvalue weighted by Gasteiger charge is -2.22. The summed E-state index contributed by atoms with van der Waals surface area (Å²) in [7, 11) is 0. The van der Waals surface area contributed by atoms with Crippen LogP contribution in [0.3, 0.4) is 0 Å². The highest BCUT2D eigenvalue weighted by atomic mass is 35.5. The highest BCUT2D eigenvalue weighted by molar-refractivity contribution is 6.31. The van der Waals surface area contributed by atoms with Crippen molar-refractivity contribution in [3.05, 3.63) is 99.5 Å². The first-order chi connectivity index (χ1) is 16.2. The van der Waals surface area contributed by atoms with Gasteiger partial charge in [0.05, 0.1) is 5.69 Å². The molecule has 1 aliphatic heterocycles. The average Bonchev–Trinajstić information content (AvgIpc) is 3.04. The number of ketones is 1. The number of halogens is 2. The van der Waals surface area contributed by atoms with Crippen molar-refractivity contribution in [2.45, 2.75) is 12.5 Å². The topological polar surface area (TPSA) is 95.6 Å². The third-order valence-corrected chi connectivity index (χ3v) is 6.02. The first-order valence-electron chi connectivity index (χ1n) is 10.3. The Morgan fingerprint density at radius 2 is 1.59 bits per heavy atom. The van der Waals surface area contributed by atoms with E-state index in [1.165, 1.54) is 18.2 Å². The van der Waals surface area contributed by atoms with Crippen molar-refractivity contribution in [1.82, 2.24) is 10.2 Å². The number of carbonyl (C=O) groups is 4. The largest absolute Gasteiger partial charge is 0.325 e. The van der Waals surface area contributed by atoms with Crippen LogP contribution in [0.25, 0.3) is 0 Å². The predicted octanol–water partition coefficient (Wildman–Crippen LogP) is 4.63. The smallest absolute Gasteiger partial charge is 0.324 e. The van der Waals surface area contributed by atoms with Gasteiger partial charge in [-0.1, -0.05) is 65.7 Å². The molecule has 1 saturated heterocycles. The van der Waals surface area contributed by atoms with Crippen LogP contribution in [-0.2, 0) is 15.1 Å². The second-order valence-electron chi connectivity index (χ2n) is 7.89. The van der Waals surface area contributed by atoms with E-state index >= 15 is 0 Å². The van der Waals surface area contributed by atoms with Crippen LogP contribution < -0.4 is 10.6 Å². The minimum Gasteiger partial charge on any atom is -0.324 e. The van der Waals surface area contributed by atoms with Crippen LogP contribution in [0.4, 0.5) is 10.5 Å². The van der Waals surface area contributed by atoms with E-state index in [0.29, 0.717) is 21.2 Å². The molecule has 0 spiro atoms. The summed E-state index contributed by atoms with van der Waals surface area (Å²) < 4.78 is 0. The maximum Gasteiger partial charge on any atom is 0.325 e. The zero-order valence-electron chi connectivity index (χ0n) is 18.0. The molecule has 3 aromatic carbocycles. The van der Waals surface area contributed by atoms with Crippen molar-refractivity contribution in [3.8, 4) is 0 Å². The van der Waals surface area contributed by atoms with Crippen LogP contribution >= 0.6 is 23.2 Å². The summed E-state index contributed by atoms with van der Waals surface area (Å²) in [5.41, 5.74) is 0.0298. The monoisotopic (exact) mass is 495 g/mol. The second kappa shape index (κ2) is 9.29. The molecule has 3 aromatic rings. The van der Waals surface area contributed by atoms with E-state index in [0.717, 1.165) is 4.90 Å². The Morgan fingerprint density at radius 3 is 2.26 bits per heavy atom. The summed E-state index contributed by atoms with van der Waals surface area (Å²) in [5, 5.41) is 6.07. The molecule has 1 heterocycles. The molecule has 34 heavy (non-hydrogen) atoms. The van der Waals surface area contributed by atoms with Crippen LogP contribution in [0.5, 0.6) is 0 Å². The Kier molecular flexibility index (Phi) is 6.41. The molecule has 1 unspecified atom stereocenters. The second-order valence-corrected chi connectivity index (χ2v) is 8.76. The number of imide groups is 1. The van der Waals surface area contributed by atoms with E-state index in [1.807, 2.05) is 0 Å². The lowest BCUT2D eigenvalue weighted by molar-refractivity contribution is -0.133. The van der Waals surface area contributed by atoms with Crippen LogP contribution in [0.2, 0.25) is 10.0 Å². The SMILES string of the molecule is CC1(c2ccc(Cl)cc2)NC(=O)N(CC(=O)Nc2ccc(Cl)cc2C(=O)c2ccccc2)C1=O. The molecule has 0 bridgehead atoms. The molecular weight excluding hydrogens is 477 g/mol. The van der Waals surface area contributed by atoms with E-state index in [1.54, 1.807) is 61.5 Å². The highest BCUT2D eigenvalue weighted by Crippen LogP contribution is 2.30. The minimum atomic E-state index is -1.34. The number of carbonyl (C=O) groups excluding carboxylic acids is 4. The average molecular weight is 496 g/mol. The van der Waals surface area contributed by atoms with Gasteiger partial charge in [0.25, 0.3) is 5.91 Å². The lowest BCUT2D eigenvalue weighted by Crippen LogP contribution is -2.42. The molecule has 2 N–H and O–H groups in total. The maximum atomic E-state index is 13.1. The van der Waals surface area contributed by atoms with E-state index in [4.69, 9.17) is 23.2 Å². The Morgan fingerprint density at radius 1 is 0.941 bits per heavy atom. The third kappa shape index (κ3) is 4.53. The highest BCUT2D eigenvalue weighted by Gasteiger charge is 2.49. The Hall–Kier alpha value is -3.68. The van der Waals surface area contributed by atoms with Gasteiger partial charge in [-0.2, -0.15) is 0 Å². The van der Waals surface area contributed by atoms with Crippen molar-refractivity contribution < 1.29 is 19.2 Å². The standard InChI is InChI=1S/C25H19Cl2N3O4/c1-25(16-7-9-17(26)10-8-16)23(33)30(24(34)29-25)14-21(31)28-20-12-11-18(27)13-19(20)22(32)15-5-3-2-4-6-15/h2-13H,14H2,1H3,(H,28,31)(H,29,34). The molecule has 1 fully saturated rings. The quantitative estimate of drug-likeness (QED) is 0.384. The van der Waals surface area contributed by atoms with Gasteiger partial charge in [-0.3, -0.25) is 19.3 Å². The molecule has 0 aliphatic carbocycles. The Balaban J connectivity index is 1.53. The molecule has 0 aromatic heterocycles. The lowest BCUT2D eigenvalue weighted by atomic mass is 9.92. The predicted molar refractivity (Wildman–Crippen MR) is 129 cm³/mol. The molecule has 1 aliphatic rings. The number of nitrogens with zero attached hydrogens (tertiary/aromatic N) is 1. The summed E-state index contributed by atoms with van der Waals surface area (Å²) in [6.07, 6.45) is 0. The van der Waals surface area contributed by atoms with Crippen molar-refractivity contribution in [3.63, 3.8) is 0 Å². The van der Waals surface area contributed by atoms with Gasteiger partial charge in [-0.25, -0.2) is 4.79 Å². The molecule has 7 nitrogen and oxygen atoms in total. The van der Waals surface area contributed by atoms with Crippen LogP contribution in [-0.4, -0.2) is 35.1 Å². The van der Waals surface area contributed by atoms with Crippen LogP contribution in [0, 0.1) is 0 Å². The van der Waals surface area contributed by atoms with E-state index in [9.17, 15) is 19.2 Å². The van der Waals surface area contributed by atoms with Gasteiger partial charge >= 0.3 is 6.03 Å². The fraction of sp³-hybridized carbons (Fsp3) is 0.120.